The standard InChI is InChI=1S/C80H64N4O2S3/c1-7-81-53(4)65(41-27-52(3)87-62-19-11-9-12-20-62)68-44-34-58(49-75(68)81)83(54-28-36-60(85-5)37-29-54)56-32-42-66-67-43-33-57(48-74(67)80(73(66)47-56)71-23-15-17-25-78(71)89-79-26-18-16-24-72(79)80)84(55-30-38-61(86-6)39-31-55)59-35-45-69-70-46-40-64(88-63-21-13-10-14-22-63)51-77(70)82(8-2)76(69)50-59/h9-51H,3,7-8H2,1-2,4-6H3/b41-27-. The second kappa shape index (κ2) is 23.2. The van der Waals surface area contributed by atoms with Gasteiger partial charge in [0, 0.05) is 104 Å². The minimum Gasteiger partial charge on any atom is -0.497 e. The molecular weight excluding hydrogens is 1150 g/mol. The highest BCUT2D eigenvalue weighted by molar-refractivity contribution is 8.03. The Morgan fingerprint density at radius 1 is 0.461 bits per heavy atom. The average Bonchev–Trinajstić information content (AvgIpc) is 1.72. The number of thioether (sulfide) groups is 1. The van der Waals surface area contributed by atoms with Gasteiger partial charge in [-0.3, -0.25) is 0 Å². The van der Waals surface area contributed by atoms with E-state index in [-0.39, 0.29) is 0 Å². The molecule has 11 aromatic carbocycles. The third kappa shape index (κ3) is 9.62. The van der Waals surface area contributed by atoms with E-state index in [9.17, 15) is 0 Å². The van der Waals surface area contributed by atoms with Crippen molar-refractivity contribution in [1.29, 1.82) is 0 Å². The molecule has 0 radical (unpaired) electrons. The third-order valence-corrected chi connectivity index (χ3v) is 20.9. The van der Waals surface area contributed by atoms with Crippen molar-refractivity contribution in [2.75, 3.05) is 24.0 Å². The molecule has 0 bridgehead atoms. The van der Waals surface area contributed by atoms with Gasteiger partial charge in [0.25, 0.3) is 0 Å². The van der Waals surface area contributed by atoms with E-state index in [1.807, 2.05) is 17.8 Å². The summed E-state index contributed by atoms with van der Waals surface area (Å²) in [6.45, 7) is 12.8. The monoisotopic (exact) mass is 1210 g/mol. The zero-order valence-electron chi connectivity index (χ0n) is 50.3. The van der Waals surface area contributed by atoms with Crippen molar-refractivity contribution in [3.63, 3.8) is 0 Å². The molecule has 0 unspecified atom stereocenters. The van der Waals surface area contributed by atoms with Gasteiger partial charge in [0.15, 0.2) is 0 Å². The van der Waals surface area contributed by atoms with E-state index in [0.717, 1.165) is 63.6 Å². The molecular formula is C80H64N4O2S3. The number of anilines is 6. The predicted octanol–water partition coefficient (Wildman–Crippen LogP) is 22.4. The molecule has 2 aliphatic rings. The van der Waals surface area contributed by atoms with Gasteiger partial charge < -0.3 is 28.4 Å². The molecule has 0 saturated heterocycles. The predicted molar refractivity (Wildman–Crippen MR) is 376 cm³/mol. The molecule has 6 nitrogen and oxygen atoms in total. The van der Waals surface area contributed by atoms with E-state index in [0.29, 0.717) is 0 Å². The first-order valence-electron chi connectivity index (χ1n) is 30.3. The minimum atomic E-state index is -0.706. The smallest absolute Gasteiger partial charge is 0.119 e. The van der Waals surface area contributed by atoms with Crippen LogP contribution in [0.25, 0.3) is 49.9 Å². The fourth-order valence-electron chi connectivity index (χ4n) is 13.8. The number of allylic oxidation sites excluding steroid dienone is 1. The molecule has 1 spiro atoms. The molecule has 0 saturated carbocycles. The molecule has 1 aliphatic carbocycles. The number of hydrogen-bond acceptors (Lipinski definition) is 7. The Bertz CT molecular complexity index is 4870. The Kier molecular flexibility index (Phi) is 14.6. The number of methoxy groups -OCH3 is 2. The number of fused-ring (bicyclic) bond motifs is 13. The second-order valence-electron chi connectivity index (χ2n) is 22.6. The average molecular weight is 1210 g/mol. The highest BCUT2D eigenvalue weighted by atomic mass is 32.2. The Morgan fingerprint density at radius 3 is 1.45 bits per heavy atom. The van der Waals surface area contributed by atoms with Crippen molar-refractivity contribution >= 4 is 108 Å². The van der Waals surface area contributed by atoms with Gasteiger partial charge >= 0.3 is 0 Å². The summed E-state index contributed by atoms with van der Waals surface area (Å²) in [5.41, 5.74) is 19.1. The van der Waals surface area contributed by atoms with Crippen LogP contribution in [0.1, 0.15) is 47.4 Å². The van der Waals surface area contributed by atoms with Crippen LogP contribution in [0.4, 0.5) is 34.1 Å². The lowest BCUT2D eigenvalue weighted by atomic mass is 9.67. The maximum absolute atomic E-state index is 5.79. The molecule has 15 rings (SSSR count). The molecule has 13 aromatic rings. The first-order valence-corrected chi connectivity index (χ1v) is 32.8. The lowest BCUT2D eigenvalue weighted by molar-refractivity contribution is 0.414. The maximum atomic E-state index is 5.79. The summed E-state index contributed by atoms with van der Waals surface area (Å²) in [5.74, 6) is 1.61. The van der Waals surface area contributed by atoms with Crippen LogP contribution in [0.3, 0.4) is 0 Å². The van der Waals surface area contributed by atoms with E-state index in [1.165, 1.54) is 102 Å². The number of aromatic nitrogens is 2. The fourth-order valence-corrected chi connectivity index (χ4v) is 16.6. The molecule has 1 aliphatic heterocycles. The zero-order chi connectivity index (χ0) is 60.3. The summed E-state index contributed by atoms with van der Waals surface area (Å²) in [4.78, 5) is 12.0. The van der Waals surface area contributed by atoms with Gasteiger partial charge in [-0.25, -0.2) is 0 Å². The summed E-state index contributed by atoms with van der Waals surface area (Å²) in [5, 5.41) is 3.69. The quantitative estimate of drug-likeness (QED) is 0.0704. The van der Waals surface area contributed by atoms with E-state index in [2.05, 4.69) is 301 Å². The van der Waals surface area contributed by atoms with Crippen molar-refractivity contribution in [2.24, 2.45) is 0 Å². The van der Waals surface area contributed by atoms with Crippen LogP contribution in [0, 0.1) is 6.92 Å². The van der Waals surface area contributed by atoms with Crippen LogP contribution in [-0.4, -0.2) is 23.4 Å². The Labute approximate surface area is 533 Å². The largest absolute Gasteiger partial charge is 0.497 e. The van der Waals surface area contributed by atoms with Crippen LogP contribution in [-0.2, 0) is 18.5 Å². The first-order chi connectivity index (χ1) is 43.7. The molecule has 0 atom stereocenters. The Hall–Kier alpha value is -9.51. The van der Waals surface area contributed by atoms with E-state index in [1.54, 1.807) is 37.7 Å². The van der Waals surface area contributed by atoms with E-state index < -0.39 is 5.41 Å². The topological polar surface area (TPSA) is 34.8 Å². The number of hydrogen-bond donors (Lipinski definition) is 0. The molecule has 0 N–H and O–H groups in total. The number of benzene rings is 11. The first kappa shape index (κ1) is 56.0. The second-order valence-corrected chi connectivity index (χ2v) is 26.0. The van der Waals surface area contributed by atoms with E-state index in [4.69, 9.17) is 9.47 Å². The number of aryl methyl sites for hydroxylation is 2. The lowest BCUT2D eigenvalue weighted by Crippen LogP contribution is -2.32. The van der Waals surface area contributed by atoms with Gasteiger partial charge in [-0.1, -0.05) is 151 Å². The fraction of sp³-hybridized carbons (Fsp3) is 0.100. The summed E-state index contributed by atoms with van der Waals surface area (Å²) in [7, 11) is 3.46. The van der Waals surface area contributed by atoms with Gasteiger partial charge in [0.2, 0.25) is 0 Å². The minimum absolute atomic E-state index is 0.706. The summed E-state index contributed by atoms with van der Waals surface area (Å²) in [6, 6.07) is 91.6. The van der Waals surface area contributed by atoms with Crippen molar-refractivity contribution < 1.29 is 9.47 Å². The number of rotatable bonds is 16. The Balaban J connectivity index is 0.906. The SMILES string of the molecule is C=C(/C=C\c1c(C)n(CC)c2cc(N(c3ccc(OC)cc3)c3ccc4c(c3)C3(c5ccccc5Sc5ccccc53)c3cc(N(c5ccc(OC)cc5)c5ccc6c7ccc(Sc8ccccc8)cc7n(CC)c6c5)ccc3-4)ccc12)Sc1ccccc1. The number of ether oxygens (including phenoxy) is 2. The molecule has 0 amide bonds. The number of nitrogens with zero attached hydrogens (tertiary/aromatic N) is 4. The van der Waals surface area contributed by atoms with Gasteiger partial charge in [-0.05, 0) is 206 Å². The summed E-state index contributed by atoms with van der Waals surface area (Å²) < 4.78 is 16.5. The zero-order valence-corrected chi connectivity index (χ0v) is 52.7. The maximum Gasteiger partial charge on any atom is 0.119 e. The van der Waals surface area contributed by atoms with Gasteiger partial charge in [0.05, 0.1) is 36.2 Å². The van der Waals surface area contributed by atoms with E-state index >= 15 is 0 Å². The third-order valence-electron chi connectivity index (χ3n) is 17.8. The van der Waals surface area contributed by atoms with Crippen LogP contribution in [0.2, 0.25) is 0 Å². The highest BCUT2D eigenvalue weighted by Crippen LogP contribution is 2.64. The normalized spacial score (nSPS) is 12.8. The van der Waals surface area contributed by atoms with Crippen molar-refractivity contribution in [1.82, 2.24) is 9.13 Å². The lowest BCUT2D eigenvalue weighted by Gasteiger charge is -2.40. The van der Waals surface area contributed by atoms with Gasteiger partial charge in [-0.2, -0.15) is 0 Å². The summed E-state index contributed by atoms with van der Waals surface area (Å²) >= 11 is 5.36. The van der Waals surface area contributed by atoms with Gasteiger partial charge in [-0.15, -0.1) is 0 Å². The van der Waals surface area contributed by atoms with Crippen LogP contribution in [0.15, 0.2) is 291 Å². The molecule has 89 heavy (non-hydrogen) atoms. The molecule has 0 fully saturated rings. The Morgan fingerprint density at radius 2 is 0.910 bits per heavy atom. The molecule has 3 heterocycles. The summed E-state index contributed by atoms with van der Waals surface area (Å²) in [6.07, 6.45) is 4.40. The molecule has 434 valence electrons. The van der Waals surface area contributed by atoms with Crippen LogP contribution in [0.5, 0.6) is 11.5 Å². The van der Waals surface area contributed by atoms with Crippen LogP contribution < -0.4 is 19.3 Å². The van der Waals surface area contributed by atoms with Gasteiger partial charge in [0.1, 0.15) is 11.5 Å². The molecule has 9 heteroatoms. The van der Waals surface area contributed by atoms with Crippen molar-refractivity contribution in [2.45, 2.75) is 63.8 Å². The van der Waals surface area contributed by atoms with Crippen LogP contribution >= 0.6 is 35.3 Å². The highest BCUT2D eigenvalue weighted by Gasteiger charge is 2.51. The van der Waals surface area contributed by atoms with Crippen molar-refractivity contribution in [3.8, 4) is 22.6 Å². The van der Waals surface area contributed by atoms with Crippen molar-refractivity contribution in [3.05, 3.63) is 300 Å². The molecule has 2 aromatic heterocycles.